The van der Waals surface area contributed by atoms with Crippen LogP contribution in [0.1, 0.15) is 226 Å². The van der Waals surface area contributed by atoms with Crippen LogP contribution in [0.2, 0.25) is 0 Å². The highest BCUT2D eigenvalue weighted by atomic mass is 32.3. The van der Waals surface area contributed by atoms with Crippen molar-refractivity contribution >= 4 is 16.4 Å². The zero-order chi connectivity index (χ0) is 43.2. The number of unbranched alkanes of at least 4 members (excludes halogenated alkanes) is 30. The van der Waals surface area contributed by atoms with E-state index in [1.807, 2.05) is 0 Å². The summed E-state index contributed by atoms with van der Waals surface area (Å²) in [6.45, 7) is 4.04. The predicted octanol–water partition coefficient (Wildman–Crippen LogP) is 10.5. The number of rotatable bonds is 43. The van der Waals surface area contributed by atoms with Crippen LogP contribution in [-0.4, -0.2) is 97.5 Å². The first-order chi connectivity index (χ1) is 28.6. The average Bonchev–Trinajstić information content (AvgIpc) is 3.20. The van der Waals surface area contributed by atoms with E-state index in [0.717, 1.165) is 38.5 Å². The Morgan fingerprint density at radius 1 is 0.576 bits per heavy atom. The summed E-state index contributed by atoms with van der Waals surface area (Å²) in [6, 6.07) is 0. The number of aliphatic hydroxyl groups is 3. The molecule has 1 saturated heterocycles. The number of esters is 1. The Kier molecular flexibility index (Phi) is 36.9. The van der Waals surface area contributed by atoms with Crippen LogP contribution in [0.5, 0.6) is 0 Å². The summed E-state index contributed by atoms with van der Waals surface area (Å²) in [5.74, 6) is -0.392. The fraction of sp³-hybridized carbons (Fsp3) is 0.978. The van der Waals surface area contributed by atoms with Crippen molar-refractivity contribution in [3.05, 3.63) is 0 Å². The third-order valence-electron chi connectivity index (χ3n) is 11.5. The lowest BCUT2D eigenvalue weighted by Gasteiger charge is -2.41. The second-order valence-electron chi connectivity index (χ2n) is 17.1. The lowest BCUT2D eigenvalue weighted by molar-refractivity contribution is -0.301. The second kappa shape index (κ2) is 38.7. The molecular formula is C46H90O12S. The Labute approximate surface area is 360 Å². The molecule has 352 valence electrons. The van der Waals surface area contributed by atoms with Gasteiger partial charge in [0.15, 0.2) is 6.29 Å². The van der Waals surface area contributed by atoms with Crippen LogP contribution in [0, 0.1) is 0 Å². The predicted molar refractivity (Wildman–Crippen MR) is 235 cm³/mol. The molecule has 1 aliphatic heterocycles. The highest BCUT2D eigenvalue weighted by Crippen LogP contribution is 2.26. The fourth-order valence-electron chi connectivity index (χ4n) is 7.79. The summed E-state index contributed by atoms with van der Waals surface area (Å²) in [5, 5.41) is 30.7. The zero-order valence-electron chi connectivity index (χ0n) is 37.6. The molecule has 1 heterocycles. The van der Waals surface area contributed by atoms with Gasteiger partial charge in [0, 0.05) is 13.0 Å². The van der Waals surface area contributed by atoms with Crippen molar-refractivity contribution in [3.8, 4) is 0 Å². The molecule has 0 aromatic heterocycles. The molecule has 6 atom stereocenters. The van der Waals surface area contributed by atoms with Crippen molar-refractivity contribution < 1.29 is 56.2 Å². The molecule has 1 aliphatic rings. The molecule has 1 rings (SSSR count). The van der Waals surface area contributed by atoms with Crippen molar-refractivity contribution in [2.75, 3.05) is 26.4 Å². The maximum Gasteiger partial charge on any atom is 0.397 e. The summed E-state index contributed by atoms with van der Waals surface area (Å²) in [7, 11) is -5.06. The average molecular weight is 867 g/mol. The lowest BCUT2D eigenvalue weighted by atomic mass is 9.99. The highest BCUT2D eigenvalue weighted by Gasteiger charge is 2.48. The minimum Gasteiger partial charge on any atom is -0.457 e. The smallest absolute Gasteiger partial charge is 0.397 e. The van der Waals surface area contributed by atoms with Crippen LogP contribution in [0.4, 0.5) is 0 Å². The van der Waals surface area contributed by atoms with E-state index in [-0.39, 0.29) is 19.6 Å². The molecule has 1 fully saturated rings. The van der Waals surface area contributed by atoms with E-state index in [1.54, 1.807) is 0 Å². The molecule has 0 spiro atoms. The van der Waals surface area contributed by atoms with Gasteiger partial charge >= 0.3 is 16.4 Å². The Morgan fingerprint density at radius 2 is 0.966 bits per heavy atom. The molecule has 0 aliphatic carbocycles. The van der Waals surface area contributed by atoms with Gasteiger partial charge in [0.05, 0.1) is 19.8 Å². The maximum atomic E-state index is 12.9. The quantitative estimate of drug-likeness (QED) is 0.0259. The summed E-state index contributed by atoms with van der Waals surface area (Å²) in [6.07, 6.45) is 31.3. The molecular weight excluding hydrogens is 777 g/mol. The minimum absolute atomic E-state index is 0.0448. The number of ether oxygens (including phenoxy) is 4. The molecule has 0 saturated carbocycles. The molecule has 0 aromatic rings. The minimum atomic E-state index is -5.06. The van der Waals surface area contributed by atoms with Crippen molar-refractivity contribution in [3.63, 3.8) is 0 Å². The molecule has 0 aromatic carbocycles. The maximum absolute atomic E-state index is 12.9. The first-order valence-corrected chi connectivity index (χ1v) is 25.7. The molecule has 0 bridgehead atoms. The van der Waals surface area contributed by atoms with Gasteiger partial charge in [-0.25, -0.2) is 4.18 Å². The standard InChI is InChI=1S/C46H90O12S/c1-3-5-7-9-11-13-15-17-19-20-21-22-23-25-27-29-31-33-35-42(48)56-40(38-54-36-34-32-30-28-26-24-18-16-14-12-10-8-6-4-2)39-55-46-44(50)45(58-59(51,52)53)43(49)41(37-47)57-46/h40-41,43-47,49-50H,3-39H2,1-2H3,(H,51,52,53). The Balaban J connectivity index is 2.37. The van der Waals surface area contributed by atoms with E-state index in [4.69, 9.17) is 23.5 Å². The molecule has 4 N–H and O–H groups in total. The number of carbonyl (C=O) groups is 1. The van der Waals surface area contributed by atoms with Crippen molar-refractivity contribution in [2.24, 2.45) is 0 Å². The highest BCUT2D eigenvalue weighted by molar-refractivity contribution is 7.80. The molecule has 6 unspecified atom stereocenters. The van der Waals surface area contributed by atoms with Crippen LogP contribution in [-0.2, 0) is 38.3 Å². The number of carbonyl (C=O) groups excluding carboxylic acids is 1. The van der Waals surface area contributed by atoms with E-state index in [2.05, 4.69) is 18.0 Å². The van der Waals surface area contributed by atoms with E-state index in [1.165, 1.54) is 161 Å². The van der Waals surface area contributed by atoms with Crippen LogP contribution in [0.15, 0.2) is 0 Å². The largest absolute Gasteiger partial charge is 0.457 e. The number of hydrogen-bond acceptors (Lipinski definition) is 11. The van der Waals surface area contributed by atoms with E-state index in [0.29, 0.717) is 13.0 Å². The SMILES string of the molecule is CCCCCCCCCCCCCCCCCCCCC(=O)OC(COCCCCCCCCCCCCCCCC)COC1OC(CO)C(O)C(OS(=O)(=O)O)C1O. The van der Waals surface area contributed by atoms with Crippen LogP contribution in [0.25, 0.3) is 0 Å². The van der Waals surface area contributed by atoms with E-state index < -0.39 is 59.8 Å². The summed E-state index contributed by atoms with van der Waals surface area (Å²) >= 11 is 0. The van der Waals surface area contributed by atoms with Gasteiger partial charge in [-0.2, -0.15) is 8.42 Å². The third-order valence-corrected chi connectivity index (χ3v) is 11.9. The Morgan fingerprint density at radius 3 is 1.36 bits per heavy atom. The van der Waals surface area contributed by atoms with Crippen molar-refractivity contribution in [1.82, 2.24) is 0 Å². The lowest BCUT2D eigenvalue weighted by Crippen LogP contribution is -2.60. The zero-order valence-corrected chi connectivity index (χ0v) is 38.4. The first-order valence-electron chi connectivity index (χ1n) is 24.3. The molecule has 12 nitrogen and oxygen atoms in total. The van der Waals surface area contributed by atoms with Crippen LogP contribution >= 0.6 is 0 Å². The Bertz CT molecular complexity index is 1050. The van der Waals surface area contributed by atoms with Gasteiger partial charge in [-0.3, -0.25) is 9.35 Å². The topological polar surface area (TPSA) is 178 Å². The Hall–Kier alpha value is -0.900. The fourth-order valence-corrected chi connectivity index (χ4v) is 8.30. The van der Waals surface area contributed by atoms with Crippen molar-refractivity contribution in [2.45, 2.75) is 263 Å². The second-order valence-corrected chi connectivity index (χ2v) is 18.1. The van der Waals surface area contributed by atoms with E-state index in [9.17, 15) is 28.5 Å². The van der Waals surface area contributed by atoms with Gasteiger partial charge < -0.3 is 34.3 Å². The van der Waals surface area contributed by atoms with Crippen LogP contribution in [0.3, 0.4) is 0 Å². The van der Waals surface area contributed by atoms with Gasteiger partial charge in [-0.05, 0) is 12.8 Å². The monoisotopic (exact) mass is 867 g/mol. The number of aliphatic hydroxyl groups excluding tert-OH is 3. The van der Waals surface area contributed by atoms with Gasteiger partial charge in [0.2, 0.25) is 0 Å². The molecule has 59 heavy (non-hydrogen) atoms. The van der Waals surface area contributed by atoms with Crippen molar-refractivity contribution in [1.29, 1.82) is 0 Å². The number of hydrogen-bond donors (Lipinski definition) is 4. The molecule has 0 radical (unpaired) electrons. The van der Waals surface area contributed by atoms with Crippen LogP contribution < -0.4 is 0 Å². The van der Waals surface area contributed by atoms with Gasteiger partial charge in [-0.15, -0.1) is 0 Å². The van der Waals surface area contributed by atoms with Gasteiger partial charge in [0.25, 0.3) is 0 Å². The summed E-state index contributed by atoms with van der Waals surface area (Å²) < 4.78 is 59.1. The van der Waals surface area contributed by atoms with Gasteiger partial charge in [-0.1, -0.05) is 206 Å². The third kappa shape index (κ3) is 32.4. The van der Waals surface area contributed by atoms with Gasteiger partial charge in [0.1, 0.15) is 30.5 Å². The summed E-state index contributed by atoms with van der Waals surface area (Å²) in [4.78, 5) is 12.9. The normalized spacial score (nSPS) is 20.3. The van der Waals surface area contributed by atoms with E-state index >= 15 is 0 Å². The molecule has 0 amide bonds. The summed E-state index contributed by atoms with van der Waals surface area (Å²) in [5.41, 5.74) is 0. The molecule has 13 heteroatoms. The first kappa shape index (κ1) is 56.1.